The Morgan fingerprint density at radius 3 is 2.78 bits per heavy atom. The number of aromatic amines is 2. The van der Waals surface area contributed by atoms with Gasteiger partial charge in [0.05, 0.1) is 6.04 Å². The van der Waals surface area contributed by atoms with Crippen molar-refractivity contribution in [2.75, 3.05) is 13.1 Å². The summed E-state index contributed by atoms with van der Waals surface area (Å²) in [6, 6.07) is 4.87. The standard InChI is InChI=1S/C18H21FN6O2/c1-10-3-4-13(9-14(10)19)16-20-17(27-24-16)11(2)25-7-5-12(6-8-25)15-21-18(26)23-22-15/h3-4,9,11-12H,5-8H2,1-2H3,(H2,21,22,23,26)/t11-/m0/s1. The smallest absolute Gasteiger partial charge is 0.337 e. The van der Waals surface area contributed by atoms with Gasteiger partial charge >= 0.3 is 5.69 Å². The van der Waals surface area contributed by atoms with E-state index in [0.29, 0.717) is 28.7 Å². The number of nitrogens with one attached hydrogen (secondary N) is 2. The van der Waals surface area contributed by atoms with Crippen LogP contribution in [0.3, 0.4) is 0 Å². The highest BCUT2D eigenvalue weighted by molar-refractivity contribution is 5.54. The summed E-state index contributed by atoms with van der Waals surface area (Å²) in [6.45, 7) is 5.39. The van der Waals surface area contributed by atoms with Gasteiger partial charge in [-0.15, -0.1) is 0 Å². The highest BCUT2D eigenvalue weighted by atomic mass is 19.1. The monoisotopic (exact) mass is 372 g/mol. The van der Waals surface area contributed by atoms with E-state index < -0.39 is 0 Å². The van der Waals surface area contributed by atoms with Gasteiger partial charge in [0.2, 0.25) is 11.7 Å². The number of hydrogen-bond acceptors (Lipinski definition) is 6. The number of H-pyrrole nitrogens is 2. The van der Waals surface area contributed by atoms with E-state index in [9.17, 15) is 9.18 Å². The number of nitrogens with zero attached hydrogens (tertiary/aromatic N) is 4. The maximum atomic E-state index is 13.8. The van der Waals surface area contributed by atoms with Crippen LogP contribution in [0.1, 0.15) is 49.0 Å². The molecule has 0 aliphatic carbocycles. The summed E-state index contributed by atoms with van der Waals surface area (Å²) in [5, 5.41) is 10.5. The predicted molar refractivity (Wildman–Crippen MR) is 95.6 cm³/mol. The molecule has 1 aliphatic heterocycles. The van der Waals surface area contributed by atoms with Crippen molar-refractivity contribution >= 4 is 0 Å². The Hall–Kier alpha value is -2.81. The molecule has 0 radical (unpaired) electrons. The molecule has 1 aliphatic rings. The zero-order valence-corrected chi connectivity index (χ0v) is 15.2. The van der Waals surface area contributed by atoms with Crippen molar-refractivity contribution in [3.63, 3.8) is 0 Å². The van der Waals surface area contributed by atoms with E-state index in [2.05, 4.69) is 30.2 Å². The van der Waals surface area contributed by atoms with Crippen LogP contribution in [-0.2, 0) is 0 Å². The molecular weight excluding hydrogens is 351 g/mol. The average Bonchev–Trinajstić information content (AvgIpc) is 3.33. The number of benzene rings is 1. The van der Waals surface area contributed by atoms with E-state index in [0.717, 1.165) is 25.9 Å². The second-order valence-electron chi connectivity index (χ2n) is 6.97. The molecule has 8 nitrogen and oxygen atoms in total. The lowest BCUT2D eigenvalue weighted by molar-refractivity contribution is 0.135. The Kier molecular flexibility index (Phi) is 4.61. The molecule has 2 aromatic heterocycles. The molecule has 2 N–H and O–H groups in total. The van der Waals surface area contributed by atoms with Gasteiger partial charge in [0.1, 0.15) is 11.6 Å². The third-order valence-electron chi connectivity index (χ3n) is 5.21. The Balaban J connectivity index is 1.43. The van der Waals surface area contributed by atoms with Crippen LogP contribution in [0.2, 0.25) is 0 Å². The third-order valence-corrected chi connectivity index (χ3v) is 5.21. The molecule has 1 atom stereocenters. The fraction of sp³-hybridized carbons (Fsp3) is 0.444. The molecule has 1 fully saturated rings. The lowest BCUT2D eigenvalue weighted by Gasteiger charge is -2.33. The first-order valence-corrected chi connectivity index (χ1v) is 9.00. The zero-order chi connectivity index (χ0) is 19.0. The third kappa shape index (κ3) is 3.55. The first-order chi connectivity index (χ1) is 13.0. The highest BCUT2D eigenvalue weighted by Gasteiger charge is 2.28. The van der Waals surface area contributed by atoms with Crippen molar-refractivity contribution in [1.29, 1.82) is 0 Å². The van der Waals surface area contributed by atoms with Gasteiger partial charge in [-0.25, -0.2) is 14.3 Å². The Morgan fingerprint density at radius 1 is 1.33 bits per heavy atom. The summed E-state index contributed by atoms with van der Waals surface area (Å²) in [5.41, 5.74) is 0.908. The summed E-state index contributed by atoms with van der Waals surface area (Å²) in [5.74, 6) is 1.57. The van der Waals surface area contributed by atoms with Crippen LogP contribution < -0.4 is 5.69 Å². The Labute approximate surface area is 154 Å². The predicted octanol–water partition coefficient (Wildman–Crippen LogP) is 2.54. The molecule has 1 aromatic carbocycles. The lowest BCUT2D eigenvalue weighted by atomic mass is 9.95. The van der Waals surface area contributed by atoms with Crippen LogP contribution in [0.15, 0.2) is 27.5 Å². The quantitative estimate of drug-likeness (QED) is 0.729. The first-order valence-electron chi connectivity index (χ1n) is 9.00. The lowest BCUT2D eigenvalue weighted by Crippen LogP contribution is -2.35. The number of aryl methyl sites for hydroxylation is 1. The van der Waals surface area contributed by atoms with Crippen molar-refractivity contribution in [3.05, 3.63) is 51.8 Å². The highest BCUT2D eigenvalue weighted by Crippen LogP contribution is 2.30. The fourth-order valence-electron chi connectivity index (χ4n) is 3.45. The summed E-state index contributed by atoms with van der Waals surface area (Å²) in [4.78, 5) is 20.7. The number of aromatic nitrogens is 5. The summed E-state index contributed by atoms with van der Waals surface area (Å²) in [7, 11) is 0. The fourth-order valence-corrected chi connectivity index (χ4v) is 3.45. The van der Waals surface area contributed by atoms with Gasteiger partial charge in [-0.1, -0.05) is 17.3 Å². The molecule has 0 amide bonds. The minimum absolute atomic E-state index is 0.0410. The Morgan fingerprint density at radius 2 is 2.11 bits per heavy atom. The van der Waals surface area contributed by atoms with Crippen LogP contribution in [0, 0.1) is 12.7 Å². The largest absolute Gasteiger partial charge is 0.340 e. The van der Waals surface area contributed by atoms with Crippen molar-refractivity contribution in [3.8, 4) is 11.4 Å². The second kappa shape index (κ2) is 7.07. The molecule has 9 heteroatoms. The number of likely N-dealkylation sites (tertiary alicyclic amines) is 1. The van der Waals surface area contributed by atoms with E-state index in [1.54, 1.807) is 19.1 Å². The molecule has 0 saturated carbocycles. The molecule has 1 saturated heterocycles. The normalized spacial score (nSPS) is 17.3. The molecule has 3 heterocycles. The van der Waals surface area contributed by atoms with E-state index >= 15 is 0 Å². The molecule has 142 valence electrons. The number of hydrogen-bond donors (Lipinski definition) is 2. The average molecular weight is 372 g/mol. The minimum Gasteiger partial charge on any atom is -0.337 e. The van der Waals surface area contributed by atoms with Crippen molar-refractivity contribution < 1.29 is 8.91 Å². The number of piperidine rings is 1. The molecule has 3 aromatic rings. The van der Waals surface area contributed by atoms with Gasteiger partial charge in [-0.05, 0) is 51.4 Å². The van der Waals surface area contributed by atoms with Gasteiger partial charge < -0.3 is 4.52 Å². The molecule has 0 unspecified atom stereocenters. The molecular formula is C18H21FN6O2. The van der Waals surface area contributed by atoms with Crippen LogP contribution in [-0.4, -0.2) is 43.3 Å². The van der Waals surface area contributed by atoms with Gasteiger partial charge in [-0.2, -0.15) is 10.1 Å². The summed E-state index contributed by atoms with van der Waals surface area (Å²) < 4.78 is 19.2. The molecule has 0 spiro atoms. The van der Waals surface area contributed by atoms with E-state index in [1.807, 2.05) is 6.92 Å². The first kappa shape index (κ1) is 17.6. The van der Waals surface area contributed by atoms with E-state index in [4.69, 9.17) is 4.52 Å². The van der Waals surface area contributed by atoms with Crippen molar-refractivity contribution in [2.24, 2.45) is 0 Å². The number of halogens is 1. The summed E-state index contributed by atoms with van der Waals surface area (Å²) >= 11 is 0. The Bertz CT molecular complexity index is 986. The minimum atomic E-state index is -0.287. The molecule has 0 bridgehead atoms. The number of rotatable bonds is 4. The topological polar surface area (TPSA) is 104 Å². The van der Waals surface area contributed by atoms with Gasteiger partial charge in [0.15, 0.2) is 0 Å². The van der Waals surface area contributed by atoms with Crippen molar-refractivity contribution in [2.45, 2.75) is 38.6 Å². The van der Waals surface area contributed by atoms with Gasteiger partial charge in [0.25, 0.3) is 0 Å². The molecule has 27 heavy (non-hydrogen) atoms. The van der Waals surface area contributed by atoms with E-state index in [1.165, 1.54) is 6.07 Å². The van der Waals surface area contributed by atoms with Crippen LogP contribution in [0.25, 0.3) is 11.4 Å². The maximum absolute atomic E-state index is 13.8. The molecule has 4 rings (SSSR count). The van der Waals surface area contributed by atoms with Crippen LogP contribution >= 0.6 is 0 Å². The van der Waals surface area contributed by atoms with Gasteiger partial charge in [-0.3, -0.25) is 9.88 Å². The van der Waals surface area contributed by atoms with Gasteiger partial charge in [0, 0.05) is 11.5 Å². The second-order valence-corrected chi connectivity index (χ2v) is 6.97. The van der Waals surface area contributed by atoms with Crippen LogP contribution in [0.4, 0.5) is 4.39 Å². The van der Waals surface area contributed by atoms with E-state index in [-0.39, 0.29) is 23.5 Å². The summed E-state index contributed by atoms with van der Waals surface area (Å²) in [6.07, 6.45) is 1.77. The van der Waals surface area contributed by atoms with Crippen LogP contribution in [0.5, 0.6) is 0 Å². The maximum Gasteiger partial charge on any atom is 0.340 e. The zero-order valence-electron chi connectivity index (χ0n) is 15.2. The SMILES string of the molecule is Cc1ccc(-c2noc([C@H](C)N3CCC(c4n[nH]c(=O)[nH]4)CC3)n2)cc1F. The van der Waals surface area contributed by atoms with Crippen molar-refractivity contribution in [1.82, 2.24) is 30.2 Å².